The summed E-state index contributed by atoms with van der Waals surface area (Å²) in [6.45, 7) is 5.05. The van der Waals surface area contributed by atoms with Crippen molar-refractivity contribution in [3.8, 4) is 5.75 Å². The number of benzene rings is 1. The van der Waals surface area contributed by atoms with Crippen molar-refractivity contribution in [3.05, 3.63) is 43.0 Å². The Morgan fingerprint density at radius 3 is 2.45 bits per heavy atom. The van der Waals surface area contributed by atoms with Crippen LogP contribution in [0.4, 0.5) is 0 Å². The van der Waals surface area contributed by atoms with Gasteiger partial charge < -0.3 is 14.9 Å². The Labute approximate surface area is 130 Å². The van der Waals surface area contributed by atoms with Gasteiger partial charge in [0.05, 0.1) is 5.92 Å². The van der Waals surface area contributed by atoms with Crippen molar-refractivity contribution in [2.75, 3.05) is 0 Å². The van der Waals surface area contributed by atoms with Crippen LogP contribution >= 0.6 is 0 Å². The van der Waals surface area contributed by atoms with Gasteiger partial charge in [0.2, 0.25) is 5.60 Å². The van der Waals surface area contributed by atoms with Gasteiger partial charge in [0, 0.05) is 0 Å². The third-order valence-corrected chi connectivity index (χ3v) is 3.55. The summed E-state index contributed by atoms with van der Waals surface area (Å²) in [6.07, 6.45) is 3.01. The molecule has 0 amide bonds. The minimum Gasteiger partial charge on any atom is -0.481 e. The van der Waals surface area contributed by atoms with Crippen molar-refractivity contribution < 1.29 is 24.5 Å². The molecule has 5 heteroatoms. The van der Waals surface area contributed by atoms with Crippen molar-refractivity contribution in [3.63, 3.8) is 0 Å². The molecule has 0 aromatic heterocycles. The van der Waals surface area contributed by atoms with Crippen LogP contribution in [0.25, 0.3) is 0 Å². The lowest BCUT2D eigenvalue weighted by Gasteiger charge is -2.26. The SMILES string of the molecule is C=CCC(CCCC(C)(Oc1ccccc1)C(=O)O)C(=O)O. The molecule has 0 aliphatic heterocycles. The topological polar surface area (TPSA) is 83.8 Å². The normalized spacial score (nSPS) is 14.6. The van der Waals surface area contributed by atoms with Crippen LogP contribution in [0, 0.1) is 5.92 Å². The van der Waals surface area contributed by atoms with Gasteiger partial charge in [0.15, 0.2) is 0 Å². The van der Waals surface area contributed by atoms with Crippen LogP contribution in [0.1, 0.15) is 32.6 Å². The zero-order valence-corrected chi connectivity index (χ0v) is 12.7. The highest BCUT2D eigenvalue weighted by Gasteiger charge is 2.35. The highest BCUT2D eigenvalue weighted by molar-refractivity contribution is 5.77. The van der Waals surface area contributed by atoms with Gasteiger partial charge in [-0.05, 0) is 44.7 Å². The number of carboxylic acids is 2. The van der Waals surface area contributed by atoms with E-state index in [1.165, 1.54) is 6.92 Å². The summed E-state index contributed by atoms with van der Waals surface area (Å²) in [7, 11) is 0. The molecule has 0 aliphatic rings. The second kappa shape index (κ2) is 8.22. The van der Waals surface area contributed by atoms with Crippen LogP contribution < -0.4 is 4.74 Å². The van der Waals surface area contributed by atoms with Gasteiger partial charge in [-0.1, -0.05) is 24.3 Å². The Kier molecular flexibility index (Phi) is 6.63. The highest BCUT2D eigenvalue weighted by atomic mass is 16.5. The van der Waals surface area contributed by atoms with E-state index in [2.05, 4.69) is 6.58 Å². The first-order valence-corrected chi connectivity index (χ1v) is 7.20. The van der Waals surface area contributed by atoms with E-state index in [1.807, 2.05) is 6.07 Å². The predicted octanol–water partition coefficient (Wildman–Crippen LogP) is 3.36. The molecule has 0 radical (unpaired) electrons. The summed E-state index contributed by atoms with van der Waals surface area (Å²) in [5.74, 6) is -2.01. The van der Waals surface area contributed by atoms with E-state index in [0.717, 1.165) is 0 Å². The zero-order chi connectivity index (χ0) is 16.6. The van der Waals surface area contributed by atoms with Gasteiger partial charge in [0.1, 0.15) is 5.75 Å². The van der Waals surface area contributed by atoms with Crippen molar-refractivity contribution in [1.82, 2.24) is 0 Å². The van der Waals surface area contributed by atoms with Gasteiger partial charge in [0.25, 0.3) is 0 Å². The van der Waals surface area contributed by atoms with Crippen molar-refractivity contribution in [2.24, 2.45) is 5.92 Å². The van der Waals surface area contributed by atoms with E-state index in [0.29, 0.717) is 25.0 Å². The summed E-state index contributed by atoms with van der Waals surface area (Å²) in [4.78, 5) is 22.6. The van der Waals surface area contributed by atoms with Crippen LogP contribution in [0.15, 0.2) is 43.0 Å². The zero-order valence-electron chi connectivity index (χ0n) is 12.7. The molecule has 2 N–H and O–H groups in total. The van der Waals surface area contributed by atoms with E-state index < -0.39 is 23.5 Å². The van der Waals surface area contributed by atoms with Crippen LogP contribution in [-0.4, -0.2) is 27.8 Å². The van der Waals surface area contributed by atoms with Crippen molar-refractivity contribution >= 4 is 11.9 Å². The first-order chi connectivity index (χ1) is 10.4. The molecule has 0 fully saturated rings. The average molecular weight is 306 g/mol. The number of carboxylic acid groups (broad SMARTS) is 2. The van der Waals surface area contributed by atoms with E-state index in [4.69, 9.17) is 9.84 Å². The van der Waals surface area contributed by atoms with Crippen molar-refractivity contribution in [2.45, 2.75) is 38.2 Å². The molecule has 1 rings (SSSR count). The van der Waals surface area contributed by atoms with Gasteiger partial charge in [-0.3, -0.25) is 4.79 Å². The van der Waals surface area contributed by atoms with Gasteiger partial charge in [-0.15, -0.1) is 6.58 Å². The van der Waals surface area contributed by atoms with Crippen LogP contribution in [-0.2, 0) is 9.59 Å². The standard InChI is InChI=1S/C17H22O5/c1-3-8-13(15(18)19)9-7-12-17(2,16(20)21)22-14-10-5-4-6-11-14/h3-6,10-11,13H,1,7-9,12H2,2H3,(H,18,19)(H,20,21). The third kappa shape index (κ3) is 5.24. The number of aliphatic carboxylic acids is 2. The van der Waals surface area contributed by atoms with Gasteiger partial charge in [-0.2, -0.15) is 0 Å². The van der Waals surface area contributed by atoms with Crippen LogP contribution in [0.5, 0.6) is 5.75 Å². The number of allylic oxidation sites excluding steroid dienone is 1. The molecule has 1 aromatic rings. The Morgan fingerprint density at radius 2 is 1.95 bits per heavy atom. The fraction of sp³-hybridized carbons (Fsp3) is 0.412. The maximum absolute atomic E-state index is 11.5. The highest BCUT2D eigenvalue weighted by Crippen LogP contribution is 2.25. The number of hydrogen-bond acceptors (Lipinski definition) is 3. The number of ether oxygens (including phenoxy) is 1. The van der Waals surface area contributed by atoms with Crippen LogP contribution in [0.3, 0.4) is 0 Å². The Balaban J connectivity index is 2.65. The maximum Gasteiger partial charge on any atom is 0.347 e. The fourth-order valence-electron chi connectivity index (χ4n) is 2.18. The first kappa shape index (κ1) is 17.8. The lowest BCUT2D eigenvalue weighted by molar-refractivity contribution is -0.154. The number of rotatable bonds is 10. The molecule has 0 saturated carbocycles. The molecule has 2 atom stereocenters. The van der Waals surface area contributed by atoms with Crippen molar-refractivity contribution in [1.29, 1.82) is 0 Å². The second-order valence-corrected chi connectivity index (χ2v) is 5.40. The molecular weight excluding hydrogens is 284 g/mol. The maximum atomic E-state index is 11.5. The molecule has 22 heavy (non-hydrogen) atoms. The minimum absolute atomic E-state index is 0.234. The quantitative estimate of drug-likeness (QED) is 0.648. The number of para-hydroxylation sites is 1. The number of carbonyl (C=O) groups is 2. The summed E-state index contributed by atoms with van der Waals surface area (Å²) in [6, 6.07) is 8.74. The summed E-state index contributed by atoms with van der Waals surface area (Å²) in [5.41, 5.74) is -1.38. The second-order valence-electron chi connectivity index (χ2n) is 5.40. The Morgan fingerprint density at radius 1 is 1.32 bits per heavy atom. The lowest BCUT2D eigenvalue weighted by atomic mass is 9.93. The molecule has 0 heterocycles. The van der Waals surface area contributed by atoms with E-state index in [-0.39, 0.29) is 6.42 Å². The summed E-state index contributed by atoms with van der Waals surface area (Å²) < 4.78 is 5.60. The molecule has 120 valence electrons. The molecule has 0 saturated heterocycles. The largest absolute Gasteiger partial charge is 0.481 e. The first-order valence-electron chi connectivity index (χ1n) is 7.20. The van der Waals surface area contributed by atoms with E-state index in [9.17, 15) is 14.7 Å². The minimum atomic E-state index is -1.38. The summed E-state index contributed by atoms with van der Waals surface area (Å²) >= 11 is 0. The Hall–Kier alpha value is -2.30. The van der Waals surface area contributed by atoms with Crippen LogP contribution in [0.2, 0.25) is 0 Å². The smallest absolute Gasteiger partial charge is 0.347 e. The molecule has 0 bridgehead atoms. The molecule has 2 unspecified atom stereocenters. The number of hydrogen-bond donors (Lipinski definition) is 2. The van der Waals surface area contributed by atoms with E-state index in [1.54, 1.807) is 30.3 Å². The molecular formula is C17H22O5. The fourth-order valence-corrected chi connectivity index (χ4v) is 2.18. The Bertz CT molecular complexity index is 511. The van der Waals surface area contributed by atoms with Gasteiger partial charge in [-0.25, -0.2) is 4.79 Å². The summed E-state index contributed by atoms with van der Waals surface area (Å²) in [5, 5.41) is 18.5. The average Bonchev–Trinajstić information content (AvgIpc) is 2.47. The van der Waals surface area contributed by atoms with Gasteiger partial charge >= 0.3 is 11.9 Å². The molecule has 0 aliphatic carbocycles. The molecule has 5 nitrogen and oxygen atoms in total. The third-order valence-electron chi connectivity index (χ3n) is 3.55. The molecule has 0 spiro atoms. The lowest BCUT2D eigenvalue weighted by Crippen LogP contribution is -2.41. The predicted molar refractivity (Wildman–Crippen MR) is 82.9 cm³/mol. The monoisotopic (exact) mass is 306 g/mol. The van der Waals surface area contributed by atoms with E-state index >= 15 is 0 Å². The molecule has 1 aromatic carbocycles.